The number of hydrogen-bond donors (Lipinski definition) is 1. The minimum absolute atomic E-state index is 0.0894. The van der Waals surface area contributed by atoms with Gasteiger partial charge in [0.05, 0.1) is 10.2 Å². The van der Waals surface area contributed by atoms with E-state index >= 15 is 0 Å². The summed E-state index contributed by atoms with van der Waals surface area (Å²) in [5.41, 5.74) is 2.28. The minimum atomic E-state index is 0.0894. The quantitative estimate of drug-likeness (QED) is 0.665. The van der Waals surface area contributed by atoms with Crippen LogP contribution in [0, 0.1) is 0 Å². The molecule has 0 spiro atoms. The fraction of sp³-hybridized carbons (Fsp3) is 0.391. The van der Waals surface area contributed by atoms with Crippen LogP contribution in [0.2, 0.25) is 0 Å². The topological polar surface area (TPSA) is 54.5 Å². The maximum absolute atomic E-state index is 11.4. The molecule has 0 aliphatic carbocycles. The molecule has 3 aromatic rings. The van der Waals surface area contributed by atoms with Gasteiger partial charge in [0, 0.05) is 31.6 Å². The van der Waals surface area contributed by atoms with Crippen molar-refractivity contribution in [2.24, 2.45) is 0 Å². The fourth-order valence-corrected chi connectivity index (χ4v) is 5.64. The first-order valence-electron chi connectivity index (χ1n) is 10.3. The lowest BCUT2D eigenvalue weighted by atomic mass is 9.96. The first kappa shape index (κ1) is 18.6. The summed E-state index contributed by atoms with van der Waals surface area (Å²) < 4.78 is 7.10. The van der Waals surface area contributed by atoms with Gasteiger partial charge in [-0.3, -0.25) is 9.69 Å². The number of ether oxygens (including phenoxy) is 1. The Labute approximate surface area is 174 Å². The van der Waals surface area contributed by atoms with Gasteiger partial charge in [-0.15, -0.1) is 0 Å². The summed E-state index contributed by atoms with van der Waals surface area (Å²) in [7, 11) is 0. The number of hydrogen-bond acceptors (Lipinski definition) is 5. The van der Waals surface area contributed by atoms with Crippen molar-refractivity contribution in [2.75, 3.05) is 0 Å². The Hall–Kier alpha value is -2.44. The predicted octanol–water partition coefficient (Wildman–Crippen LogP) is 4.72. The minimum Gasteiger partial charge on any atom is -0.431 e. The lowest BCUT2D eigenvalue weighted by molar-refractivity contribution is -0.120. The van der Waals surface area contributed by atoms with Crippen molar-refractivity contribution in [3.8, 4) is 10.9 Å². The SMILES string of the molecule is CC(=O)NC1CC2CCC(C1)N2Cc1ccc(Oc2nc3ccccc3s2)cc1. The number of aromatic nitrogens is 1. The molecule has 1 amide bonds. The Kier molecular flexibility index (Phi) is 4.97. The van der Waals surface area contributed by atoms with E-state index in [4.69, 9.17) is 4.74 Å². The van der Waals surface area contributed by atoms with Crippen LogP contribution in [-0.2, 0) is 11.3 Å². The summed E-state index contributed by atoms with van der Waals surface area (Å²) >= 11 is 1.57. The molecule has 29 heavy (non-hydrogen) atoms. The molecule has 1 aromatic heterocycles. The van der Waals surface area contributed by atoms with Gasteiger partial charge in [-0.05, 0) is 55.5 Å². The summed E-state index contributed by atoms with van der Waals surface area (Å²) in [4.78, 5) is 18.6. The number of amides is 1. The van der Waals surface area contributed by atoms with Gasteiger partial charge in [-0.2, -0.15) is 0 Å². The van der Waals surface area contributed by atoms with Crippen molar-refractivity contribution >= 4 is 27.5 Å². The number of thiazole rings is 1. The van der Waals surface area contributed by atoms with E-state index in [0.29, 0.717) is 23.3 Å². The van der Waals surface area contributed by atoms with E-state index in [0.717, 1.165) is 35.4 Å². The largest absolute Gasteiger partial charge is 0.431 e. The molecule has 0 saturated carbocycles. The molecule has 5 rings (SSSR count). The van der Waals surface area contributed by atoms with Crippen molar-refractivity contribution in [1.82, 2.24) is 15.2 Å². The number of para-hydroxylation sites is 1. The molecule has 2 saturated heterocycles. The van der Waals surface area contributed by atoms with E-state index in [1.165, 1.54) is 18.4 Å². The average molecular weight is 408 g/mol. The van der Waals surface area contributed by atoms with E-state index in [2.05, 4.69) is 33.4 Å². The normalized spacial score (nSPS) is 24.0. The molecule has 2 unspecified atom stereocenters. The van der Waals surface area contributed by atoms with Gasteiger partial charge in [-0.1, -0.05) is 35.6 Å². The number of carbonyl (C=O) groups excluding carboxylic acids is 1. The number of carbonyl (C=O) groups is 1. The third-order valence-electron chi connectivity index (χ3n) is 6.06. The second kappa shape index (κ2) is 7.76. The van der Waals surface area contributed by atoms with Gasteiger partial charge in [0.1, 0.15) is 5.75 Å². The summed E-state index contributed by atoms with van der Waals surface area (Å²) in [6.45, 7) is 2.58. The first-order valence-corrected chi connectivity index (χ1v) is 11.1. The number of nitrogens with one attached hydrogen (secondary N) is 1. The van der Waals surface area contributed by atoms with Crippen molar-refractivity contribution < 1.29 is 9.53 Å². The van der Waals surface area contributed by atoms with Crippen molar-refractivity contribution in [2.45, 2.75) is 57.3 Å². The van der Waals surface area contributed by atoms with Crippen molar-refractivity contribution in [1.29, 1.82) is 0 Å². The maximum Gasteiger partial charge on any atom is 0.279 e. The predicted molar refractivity (Wildman–Crippen MR) is 115 cm³/mol. The summed E-state index contributed by atoms with van der Waals surface area (Å²) in [5.74, 6) is 0.909. The van der Waals surface area contributed by atoms with Crippen LogP contribution in [0.25, 0.3) is 10.2 Å². The number of benzene rings is 2. The number of fused-ring (bicyclic) bond motifs is 3. The molecule has 5 nitrogen and oxygen atoms in total. The zero-order chi connectivity index (χ0) is 19.8. The highest BCUT2D eigenvalue weighted by Crippen LogP contribution is 2.37. The van der Waals surface area contributed by atoms with Gasteiger partial charge in [0.25, 0.3) is 5.19 Å². The summed E-state index contributed by atoms with van der Waals surface area (Å²) in [6, 6.07) is 17.9. The molecule has 2 aromatic carbocycles. The van der Waals surface area contributed by atoms with Crippen LogP contribution < -0.4 is 10.1 Å². The molecule has 6 heteroatoms. The van der Waals surface area contributed by atoms with Crippen LogP contribution in [0.15, 0.2) is 48.5 Å². The van der Waals surface area contributed by atoms with E-state index < -0.39 is 0 Å². The smallest absolute Gasteiger partial charge is 0.279 e. The number of rotatable bonds is 5. The Balaban J connectivity index is 1.22. The number of nitrogens with zero attached hydrogens (tertiary/aromatic N) is 2. The van der Waals surface area contributed by atoms with Gasteiger partial charge in [-0.25, -0.2) is 4.98 Å². The van der Waals surface area contributed by atoms with Gasteiger partial charge >= 0.3 is 0 Å². The standard InChI is InChI=1S/C23H25N3O2S/c1-15(27)24-17-12-18-8-9-19(13-17)26(18)14-16-6-10-20(11-7-16)28-23-25-21-4-2-3-5-22(21)29-23/h2-7,10-11,17-19H,8-9,12-14H2,1H3,(H,24,27). The molecule has 150 valence electrons. The van der Waals surface area contributed by atoms with E-state index in [1.807, 2.05) is 30.3 Å². The lowest BCUT2D eigenvalue weighted by Gasteiger charge is -2.39. The van der Waals surface area contributed by atoms with Crippen LogP contribution in [0.3, 0.4) is 0 Å². The highest BCUT2D eigenvalue weighted by atomic mass is 32.1. The van der Waals surface area contributed by atoms with Crippen LogP contribution in [0.1, 0.15) is 38.2 Å². The molecule has 2 bridgehead atoms. The molecule has 2 aliphatic heterocycles. The Morgan fingerprint density at radius 2 is 1.86 bits per heavy atom. The van der Waals surface area contributed by atoms with Gasteiger partial charge in [0.15, 0.2) is 0 Å². The zero-order valence-electron chi connectivity index (χ0n) is 16.5. The monoisotopic (exact) mass is 407 g/mol. The van der Waals surface area contributed by atoms with Crippen molar-refractivity contribution in [3.63, 3.8) is 0 Å². The molecule has 2 aliphatic rings. The Bertz CT molecular complexity index is 969. The molecular weight excluding hydrogens is 382 g/mol. The highest BCUT2D eigenvalue weighted by Gasteiger charge is 2.40. The second-order valence-electron chi connectivity index (χ2n) is 8.12. The first-order chi connectivity index (χ1) is 14.1. The fourth-order valence-electron chi connectivity index (χ4n) is 4.81. The third kappa shape index (κ3) is 4.00. The van der Waals surface area contributed by atoms with E-state index in [9.17, 15) is 4.79 Å². The summed E-state index contributed by atoms with van der Waals surface area (Å²) in [6.07, 6.45) is 4.60. The lowest BCUT2D eigenvalue weighted by Crippen LogP contribution is -2.49. The van der Waals surface area contributed by atoms with Crippen LogP contribution in [0.5, 0.6) is 10.9 Å². The molecule has 2 atom stereocenters. The van der Waals surface area contributed by atoms with Crippen LogP contribution in [0.4, 0.5) is 0 Å². The van der Waals surface area contributed by atoms with Crippen molar-refractivity contribution in [3.05, 3.63) is 54.1 Å². The molecule has 1 N–H and O–H groups in total. The number of piperidine rings is 1. The van der Waals surface area contributed by atoms with E-state index in [-0.39, 0.29) is 5.91 Å². The third-order valence-corrected chi connectivity index (χ3v) is 6.97. The second-order valence-corrected chi connectivity index (χ2v) is 9.11. The maximum atomic E-state index is 11.4. The van der Waals surface area contributed by atoms with Gasteiger partial charge < -0.3 is 10.1 Å². The molecule has 2 fully saturated rings. The zero-order valence-corrected chi connectivity index (χ0v) is 17.3. The average Bonchev–Trinajstić information content (AvgIpc) is 3.20. The molecule has 3 heterocycles. The molecule has 0 radical (unpaired) electrons. The van der Waals surface area contributed by atoms with Gasteiger partial charge in [0.2, 0.25) is 5.91 Å². The summed E-state index contributed by atoms with van der Waals surface area (Å²) in [5, 5.41) is 3.80. The molecular formula is C23H25N3O2S. The Morgan fingerprint density at radius 1 is 1.14 bits per heavy atom. The van der Waals surface area contributed by atoms with Crippen LogP contribution in [-0.4, -0.2) is 33.9 Å². The van der Waals surface area contributed by atoms with Crippen LogP contribution >= 0.6 is 11.3 Å². The Morgan fingerprint density at radius 3 is 2.55 bits per heavy atom. The highest BCUT2D eigenvalue weighted by molar-refractivity contribution is 7.20. The van der Waals surface area contributed by atoms with E-state index in [1.54, 1.807) is 18.3 Å².